The molecule has 1 fully saturated rings. The van der Waals surface area contributed by atoms with Crippen molar-refractivity contribution in [1.82, 2.24) is 10.2 Å². The minimum atomic E-state index is -4.33. The third-order valence-electron chi connectivity index (χ3n) is 5.73. The zero-order chi connectivity index (χ0) is 19.7. The summed E-state index contributed by atoms with van der Waals surface area (Å²) >= 11 is 0. The van der Waals surface area contributed by atoms with Gasteiger partial charge in [-0.15, -0.1) is 0 Å². The number of hydrogen-bond donors (Lipinski definition) is 1. The third kappa shape index (κ3) is 4.01. The average Bonchev–Trinajstić information content (AvgIpc) is 3.19. The van der Waals surface area contributed by atoms with Crippen LogP contribution in [0.25, 0.3) is 11.1 Å². The number of carbonyl (C=O) groups is 1. The fourth-order valence-electron chi connectivity index (χ4n) is 4.10. The molecule has 0 aromatic heterocycles. The number of urea groups is 1. The quantitative estimate of drug-likeness (QED) is 0.736. The Hall–Kier alpha value is -2.50. The van der Waals surface area contributed by atoms with Crippen molar-refractivity contribution in [2.75, 3.05) is 6.54 Å². The molecular weight excluding hydrogens is 365 g/mol. The number of halogens is 3. The molecule has 1 saturated carbocycles. The second kappa shape index (κ2) is 7.49. The summed E-state index contributed by atoms with van der Waals surface area (Å²) in [5.74, 6) is 0. The molecule has 3 nitrogen and oxygen atoms in total. The van der Waals surface area contributed by atoms with Crippen LogP contribution in [0.1, 0.15) is 42.4 Å². The molecule has 2 amide bonds. The summed E-state index contributed by atoms with van der Waals surface area (Å²) in [7, 11) is 0. The average molecular weight is 388 g/mol. The lowest BCUT2D eigenvalue weighted by Crippen LogP contribution is -2.45. The normalized spacial score (nSPS) is 17.5. The number of nitrogens with one attached hydrogen (secondary N) is 1. The van der Waals surface area contributed by atoms with Crippen LogP contribution in [0.15, 0.2) is 42.5 Å². The highest BCUT2D eigenvalue weighted by atomic mass is 19.4. The minimum absolute atomic E-state index is 0.0162. The van der Waals surface area contributed by atoms with Gasteiger partial charge in [-0.2, -0.15) is 13.2 Å². The largest absolute Gasteiger partial charge is 0.416 e. The molecule has 0 saturated heterocycles. The minimum Gasteiger partial charge on any atom is -0.335 e. The first-order valence-electron chi connectivity index (χ1n) is 9.75. The number of benzene rings is 2. The van der Waals surface area contributed by atoms with E-state index in [1.54, 1.807) is 0 Å². The maximum atomic E-state index is 12.8. The van der Waals surface area contributed by atoms with Crippen molar-refractivity contribution in [2.45, 2.75) is 50.9 Å². The van der Waals surface area contributed by atoms with Gasteiger partial charge in [0.25, 0.3) is 0 Å². The van der Waals surface area contributed by atoms with E-state index in [1.165, 1.54) is 30.5 Å². The number of hydrogen-bond acceptors (Lipinski definition) is 1. The first kappa shape index (κ1) is 18.8. The first-order valence-corrected chi connectivity index (χ1v) is 9.75. The van der Waals surface area contributed by atoms with Gasteiger partial charge in [0.15, 0.2) is 0 Å². The van der Waals surface area contributed by atoms with Crippen molar-refractivity contribution in [3.63, 3.8) is 0 Å². The number of fused-ring (bicyclic) bond motifs is 1. The van der Waals surface area contributed by atoms with E-state index in [1.807, 2.05) is 23.1 Å². The van der Waals surface area contributed by atoms with E-state index >= 15 is 0 Å². The van der Waals surface area contributed by atoms with Crippen molar-refractivity contribution in [3.05, 3.63) is 59.2 Å². The van der Waals surface area contributed by atoms with Crippen LogP contribution in [0, 0.1) is 0 Å². The summed E-state index contributed by atoms with van der Waals surface area (Å²) in [6.45, 7) is 1.22. The number of carbonyl (C=O) groups excluding carboxylic acids is 1. The van der Waals surface area contributed by atoms with Gasteiger partial charge in [0.2, 0.25) is 0 Å². The molecule has 1 aliphatic carbocycles. The second-order valence-corrected chi connectivity index (χ2v) is 7.66. The van der Waals surface area contributed by atoms with Gasteiger partial charge in [0, 0.05) is 19.1 Å². The highest BCUT2D eigenvalue weighted by Gasteiger charge is 2.30. The summed E-state index contributed by atoms with van der Waals surface area (Å²) < 4.78 is 38.3. The standard InChI is InChI=1S/C22H23F3N2O/c23-22(24,25)19-9-7-15(8-10-19)17-6-5-16-11-12-27(14-18(16)13-17)21(28)26-20-3-1-2-4-20/h5-10,13,20H,1-4,11-12,14H2,(H,26,28). The predicted octanol–water partition coefficient (Wildman–Crippen LogP) is 5.38. The predicted molar refractivity (Wildman–Crippen MR) is 102 cm³/mol. The van der Waals surface area contributed by atoms with E-state index in [0.29, 0.717) is 13.1 Å². The Morgan fingerprint density at radius 3 is 2.32 bits per heavy atom. The van der Waals surface area contributed by atoms with E-state index in [2.05, 4.69) is 5.32 Å². The van der Waals surface area contributed by atoms with Crippen LogP contribution in [0.2, 0.25) is 0 Å². The molecule has 0 atom stereocenters. The van der Waals surface area contributed by atoms with E-state index in [4.69, 9.17) is 0 Å². The summed E-state index contributed by atoms with van der Waals surface area (Å²) in [6.07, 6.45) is 0.902. The number of alkyl halides is 3. The molecule has 0 radical (unpaired) electrons. The zero-order valence-corrected chi connectivity index (χ0v) is 15.6. The molecule has 2 aliphatic rings. The van der Waals surface area contributed by atoms with Gasteiger partial charge < -0.3 is 10.2 Å². The topological polar surface area (TPSA) is 32.3 Å². The Morgan fingerprint density at radius 1 is 0.964 bits per heavy atom. The highest BCUT2D eigenvalue weighted by Crippen LogP contribution is 2.32. The maximum absolute atomic E-state index is 12.8. The third-order valence-corrected chi connectivity index (χ3v) is 5.73. The lowest BCUT2D eigenvalue weighted by atomic mass is 9.94. The fraction of sp³-hybridized carbons (Fsp3) is 0.409. The van der Waals surface area contributed by atoms with Crippen molar-refractivity contribution in [3.8, 4) is 11.1 Å². The molecule has 28 heavy (non-hydrogen) atoms. The fourth-order valence-corrected chi connectivity index (χ4v) is 4.10. The van der Waals surface area contributed by atoms with Crippen LogP contribution in [0.5, 0.6) is 0 Å². The van der Waals surface area contributed by atoms with Gasteiger partial charge in [0.05, 0.1) is 5.56 Å². The maximum Gasteiger partial charge on any atom is 0.416 e. The van der Waals surface area contributed by atoms with Gasteiger partial charge in [-0.3, -0.25) is 0 Å². The Morgan fingerprint density at radius 2 is 1.64 bits per heavy atom. The molecule has 1 aliphatic heterocycles. The van der Waals surface area contributed by atoms with Crippen molar-refractivity contribution < 1.29 is 18.0 Å². The van der Waals surface area contributed by atoms with Crippen LogP contribution in [0.3, 0.4) is 0 Å². The van der Waals surface area contributed by atoms with Gasteiger partial charge in [-0.1, -0.05) is 37.1 Å². The Kier molecular flexibility index (Phi) is 5.04. The molecule has 0 unspecified atom stereocenters. The van der Waals surface area contributed by atoms with E-state index in [-0.39, 0.29) is 12.1 Å². The monoisotopic (exact) mass is 388 g/mol. The van der Waals surface area contributed by atoms with Gasteiger partial charge >= 0.3 is 12.2 Å². The molecule has 2 aromatic rings. The lowest BCUT2D eigenvalue weighted by molar-refractivity contribution is -0.137. The van der Waals surface area contributed by atoms with Crippen molar-refractivity contribution in [1.29, 1.82) is 0 Å². The molecule has 148 valence electrons. The van der Waals surface area contributed by atoms with Crippen LogP contribution >= 0.6 is 0 Å². The lowest BCUT2D eigenvalue weighted by Gasteiger charge is -2.30. The number of nitrogens with zero attached hydrogens (tertiary/aromatic N) is 1. The SMILES string of the molecule is O=C(NC1CCCC1)N1CCc2ccc(-c3ccc(C(F)(F)F)cc3)cc2C1. The summed E-state index contributed by atoms with van der Waals surface area (Å²) in [5, 5.41) is 3.13. The Labute approximate surface area is 162 Å². The number of amides is 2. The molecule has 1 heterocycles. The van der Waals surface area contributed by atoms with Gasteiger partial charge in [-0.05, 0) is 59.7 Å². The van der Waals surface area contributed by atoms with Crippen LogP contribution in [0.4, 0.5) is 18.0 Å². The molecule has 0 bridgehead atoms. The molecule has 6 heteroatoms. The summed E-state index contributed by atoms with van der Waals surface area (Å²) in [5.41, 5.74) is 3.21. The number of rotatable bonds is 2. The summed E-state index contributed by atoms with van der Waals surface area (Å²) in [4.78, 5) is 14.4. The van der Waals surface area contributed by atoms with E-state index in [0.717, 1.165) is 48.1 Å². The molecular formula is C22H23F3N2O. The highest BCUT2D eigenvalue weighted by molar-refractivity contribution is 5.75. The molecule has 4 rings (SSSR count). The van der Waals surface area contributed by atoms with Crippen molar-refractivity contribution >= 4 is 6.03 Å². The van der Waals surface area contributed by atoms with Gasteiger partial charge in [0.1, 0.15) is 0 Å². The van der Waals surface area contributed by atoms with Crippen molar-refractivity contribution in [2.24, 2.45) is 0 Å². The van der Waals surface area contributed by atoms with Crippen LogP contribution in [-0.4, -0.2) is 23.5 Å². The smallest absolute Gasteiger partial charge is 0.335 e. The van der Waals surface area contributed by atoms with Gasteiger partial charge in [-0.25, -0.2) is 4.79 Å². The molecule has 2 aromatic carbocycles. The van der Waals surface area contributed by atoms with E-state index < -0.39 is 11.7 Å². The van der Waals surface area contributed by atoms with Crippen LogP contribution < -0.4 is 5.32 Å². The Bertz CT molecular complexity index is 855. The zero-order valence-electron chi connectivity index (χ0n) is 15.6. The first-order chi connectivity index (χ1) is 13.4. The van der Waals surface area contributed by atoms with E-state index in [9.17, 15) is 18.0 Å². The Balaban J connectivity index is 1.49. The second-order valence-electron chi connectivity index (χ2n) is 7.66. The summed E-state index contributed by atoms with van der Waals surface area (Å²) in [6, 6.07) is 11.4. The van der Waals surface area contributed by atoms with Crippen LogP contribution in [-0.2, 0) is 19.1 Å². The molecule has 1 N–H and O–H groups in total. The molecule has 0 spiro atoms.